The molecule has 0 spiro atoms. The Bertz CT molecular complexity index is 966. The molecule has 0 atom stereocenters. The summed E-state index contributed by atoms with van der Waals surface area (Å²) in [7, 11) is 0. The SMILES string of the molecule is CCC(C)(C)Oc1ccc(Oc2ccc(C(=O)c3ccc(C(C)C)cc3)cc2)cc1. The van der Waals surface area contributed by atoms with Crippen LogP contribution in [0, 0.1) is 0 Å². The summed E-state index contributed by atoms with van der Waals surface area (Å²) in [6.45, 7) is 10.5. The van der Waals surface area contributed by atoms with Crippen molar-refractivity contribution in [2.75, 3.05) is 0 Å². The summed E-state index contributed by atoms with van der Waals surface area (Å²) < 4.78 is 11.9. The summed E-state index contributed by atoms with van der Waals surface area (Å²) in [5.74, 6) is 2.68. The third kappa shape index (κ3) is 5.50. The Kier molecular flexibility index (Phi) is 6.61. The fourth-order valence-electron chi connectivity index (χ4n) is 2.96. The van der Waals surface area contributed by atoms with E-state index in [9.17, 15) is 4.79 Å². The van der Waals surface area contributed by atoms with E-state index < -0.39 is 0 Å². The molecule has 0 aliphatic heterocycles. The number of hydrogen-bond acceptors (Lipinski definition) is 3. The molecule has 3 aromatic rings. The average Bonchev–Trinajstić information content (AvgIpc) is 2.75. The Morgan fingerprint density at radius 3 is 1.67 bits per heavy atom. The second-order valence-electron chi connectivity index (χ2n) is 8.42. The van der Waals surface area contributed by atoms with Crippen molar-refractivity contribution in [1.29, 1.82) is 0 Å². The fourth-order valence-corrected chi connectivity index (χ4v) is 2.96. The van der Waals surface area contributed by atoms with Crippen molar-refractivity contribution in [1.82, 2.24) is 0 Å². The van der Waals surface area contributed by atoms with Gasteiger partial charge in [-0.25, -0.2) is 0 Å². The summed E-state index contributed by atoms with van der Waals surface area (Å²) in [5, 5.41) is 0. The second-order valence-corrected chi connectivity index (χ2v) is 8.42. The molecule has 0 radical (unpaired) electrons. The number of rotatable bonds is 8. The lowest BCUT2D eigenvalue weighted by atomic mass is 9.98. The van der Waals surface area contributed by atoms with E-state index in [2.05, 4.69) is 34.6 Å². The lowest BCUT2D eigenvalue weighted by Gasteiger charge is -2.24. The van der Waals surface area contributed by atoms with E-state index in [4.69, 9.17) is 9.47 Å². The zero-order valence-corrected chi connectivity index (χ0v) is 18.4. The highest BCUT2D eigenvalue weighted by Crippen LogP contribution is 2.27. The summed E-state index contributed by atoms with van der Waals surface area (Å²) in [5.41, 5.74) is 2.37. The van der Waals surface area contributed by atoms with E-state index in [0.717, 1.165) is 17.9 Å². The van der Waals surface area contributed by atoms with E-state index in [0.29, 0.717) is 22.8 Å². The Hall–Kier alpha value is -3.07. The van der Waals surface area contributed by atoms with Gasteiger partial charge >= 0.3 is 0 Å². The van der Waals surface area contributed by atoms with Gasteiger partial charge in [0.1, 0.15) is 22.8 Å². The van der Waals surface area contributed by atoms with Crippen LogP contribution in [0.1, 0.15) is 68.4 Å². The molecule has 0 saturated heterocycles. The van der Waals surface area contributed by atoms with Gasteiger partial charge in [-0.15, -0.1) is 0 Å². The highest BCUT2D eigenvalue weighted by atomic mass is 16.5. The van der Waals surface area contributed by atoms with Crippen molar-refractivity contribution < 1.29 is 14.3 Å². The number of hydrogen-bond donors (Lipinski definition) is 0. The first-order valence-electron chi connectivity index (χ1n) is 10.5. The van der Waals surface area contributed by atoms with E-state index in [1.807, 2.05) is 60.7 Å². The van der Waals surface area contributed by atoms with Gasteiger partial charge in [0, 0.05) is 11.1 Å². The lowest BCUT2D eigenvalue weighted by molar-refractivity contribution is 0.103. The summed E-state index contributed by atoms with van der Waals surface area (Å²) in [4.78, 5) is 12.7. The van der Waals surface area contributed by atoms with Crippen molar-refractivity contribution in [3.63, 3.8) is 0 Å². The molecule has 156 valence electrons. The zero-order valence-electron chi connectivity index (χ0n) is 18.4. The van der Waals surface area contributed by atoms with E-state index in [-0.39, 0.29) is 11.4 Å². The quantitative estimate of drug-likeness (QED) is 0.368. The van der Waals surface area contributed by atoms with Crippen LogP contribution in [-0.2, 0) is 0 Å². The molecule has 30 heavy (non-hydrogen) atoms. The minimum atomic E-state index is -0.195. The molecule has 0 bridgehead atoms. The molecule has 3 rings (SSSR count). The molecule has 0 aliphatic rings. The highest BCUT2D eigenvalue weighted by molar-refractivity contribution is 6.09. The van der Waals surface area contributed by atoms with Crippen LogP contribution in [0.5, 0.6) is 17.2 Å². The monoisotopic (exact) mass is 402 g/mol. The molecule has 3 aromatic carbocycles. The number of carbonyl (C=O) groups is 1. The highest BCUT2D eigenvalue weighted by Gasteiger charge is 2.16. The molecule has 0 aromatic heterocycles. The van der Waals surface area contributed by atoms with Crippen molar-refractivity contribution in [2.24, 2.45) is 0 Å². The van der Waals surface area contributed by atoms with Gasteiger partial charge in [0.2, 0.25) is 0 Å². The number of carbonyl (C=O) groups excluding carboxylic acids is 1. The van der Waals surface area contributed by atoms with Gasteiger partial charge in [-0.2, -0.15) is 0 Å². The van der Waals surface area contributed by atoms with Gasteiger partial charge < -0.3 is 9.47 Å². The molecule has 0 saturated carbocycles. The molecular weight excluding hydrogens is 372 g/mol. The Balaban J connectivity index is 1.65. The standard InChI is InChI=1S/C27H30O3/c1-6-27(4,5)30-25-17-15-24(16-18-25)29-23-13-11-22(12-14-23)26(28)21-9-7-20(8-10-21)19(2)3/h7-19H,6H2,1-5H3. The van der Waals surface area contributed by atoms with Gasteiger partial charge in [0.25, 0.3) is 0 Å². The van der Waals surface area contributed by atoms with Gasteiger partial charge in [-0.1, -0.05) is 45.0 Å². The number of benzene rings is 3. The number of ether oxygens (including phenoxy) is 2. The fraction of sp³-hybridized carbons (Fsp3) is 0.296. The van der Waals surface area contributed by atoms with E-state index in [1.54, 1.807) is 12.1 Å². The third-order valence-electron chi connectivity index (χ3n) is 5.26. The normalized spacial score (nSPS) is 11.4. The van der Waals surface area contributed by atoms with Crippen LogP contribution in [0.4, 0.5) is 0 Å². The van der Waals surface area contributed by atoms with Crippen LogP contribution in [0.3, 0.4) is 0 Å². The smallest absolute Gasteiger partial charge is 0.193 e. The van der Waals surface area contributed by atoms with Gasteiger partial charge in [-0.05, 0) is 80.3 Å². The molecule has 0 fully saturated rings. The first-order valence-corrected chi connectivity index (χ1v) is 10.5. The predicted molar refractivity (Wildman–Crippen MR) is 122 cm³/mol. The van der Waals surface area contributed by atoms with E-state index in [1.165, 1.54) is 5.56 Å². The molecule has 3 heteroatoms. The van der Waals surface area contributed by atoms with Gasteiger partial charge in [0.05, 0.1) is 0 Å². The minimum Gasteiger partial charge on any atom is -0.488 e. The molecule has 0 unspecified atom stereocenters. The van der Waals surface area contributed by atoms with Crippen LogP contribution in [-0.4, -0.2) is 11.4 Å². The van der Waals surface area contributed by atoms with Crippen molar-refractivity contribution in [2.45, 2.75) is 52.6 Å². The summed E-state index contributed by atoms with van der Waals surface area (Å²) in [6, 6.07) is 22.7. The second kappa shape index (κ2) is 9.17. The van der Waals surface area contributed by atoms with Gasteiger partial charge in [-0.3, -0.25) is 4.79 Å². The summed E-state index contributed by atoms with van der Waals surface area (Å²) >= 11 is 0. The zero-order chi connectivity index (χ0) is 21.7. The largest absolute Gasteiger partial charge is 0.488 e. The van der Waals surface area contributed by atoms with Crippen LogP contribution >= 0.6 is 0 Å². The molecule has 0 N–H and O–H groups in total. The Labute approximate surface area is 179 Å². The maximum absolute atomic E-state index is 12.7. The lowest BCUT2D eigenvalue weighted by Crippen LogP contribution is -2.26. The average molecular weight is 403 g/mol. The Morgan fingerprint density at radius 2 is 1.20 bits per heavy atom. The third-order valence-corrected chi connectivity index (χ3v) is 5.26. The van der Waals surface area contributed by atoms with Crippen molar-refractivity contribution in [3.05, 3.63) is 89.5 Å². The minimum absolute atomic E-state index is 0.0110. The van der Waals surface area contributed by atoms with E-state index >= 15 is 0 Å². The van der Waals surface area contributed by atoms with Gasteiger partial charge in [0.15, 0.2) is 5.78 Å². The van der Waals surface area contributed by atoms with Crippen LogP contribution in [0.15, 0.2) is 72.8 Å². The summed E-state index contributed by atoms with van der Waals surface area (Å²) in [6.07, 6.45) is 0.929. The van der Waals surface area contributed by atoms with Crippen LogP contribution < -0.4 is 9.47 Å². The maximum atomic E-state index is 12.7. The first-order chi connectivity index (χ1) is 14.3. The predicted octanol–water partition coefficient (Wildman–Crippen LogP) is 7.40. The molecule has 3 nitrogen and oxygen atoms in total. The van der Waals surface area contributed by atoms with Crippen LogP contribution in [0.25, 0.3) is 0 Å². The molecule has 0 heterocycles. The topological polar surface area (TPSA) is 35.5 Å². The first kappa shape index (κ1) is 21.6. The Morgan fingerprint density at radius 1 is 0.767 bits per heavy atom. The molecule has 0 aliphatic carbocycles. The molecule has 0 amide bonds. The maximum Gasteiger partial charge on any atom is 0.193 e. The van der Waals surface area contributed by atoms with Crippen molar-refractivity contribution in [3.8, 4) is 17.2 Å². The van der Waals surface area contributed by atoms with Crippen molar-refractivity contribution >= 4 is 5.78 Å². The molecular formula is C27H30O3. The number of ketones is 1. The van der Waals surface area contributed by atoms with Crippen LogP contribution in [0.2, 0.25) is 0 Å².